The van der Waals surface area contributed by atoms with Gasteiger partial charge in [0.2, 0.25) is 0 Å². The van der Waals surface area contributed by atoms with Gasteiger partial charge in [0.05, 0.1) is 0 Å². The van der Waals surface area contributed by atoms with E-state index in [2.05, 4.69) is 0 Å². The van der Waals surface area contributed by atoms with Crippen molar-refractivity contribution in [3.05, 3.63) is 0 Å². The summed E-state index contributed by atoms with van der Waals surface area (Å²) in [7, 11) is 0. The minimum atomic E-state index is -4.26. The molecule has 0 aromatic rings. The molecule has 1 unspecified atom stereocenters. The summed E-state index contributed by atoms with van der Waals surface area (Å²) in [5, 5.41) is 0. The molecule has 0 aromatic heterocycles. The van der Waals surface area contributed by atoms with E-state index >= 15 is 0 Å². The Morgan fingerprint density at radius 3 is 1.77 bits per heavy atom. The summed E-state index contributed by atoms with van der Waals surface area (Å²) in [6, 6.07) is -1.67. The third kappa shape index (κ3) is 1.33. The molecule has 0 radical (unpaired) electrons. The standard InChI is InChI=1S/C7H11F3N2.ClH/c8-7(9,10)4(11)5-1-6(12,2-5)3-5;/h4H,1-3,11-12H2;1H. The van der Waals surface area contributed by atoms with Crippen molar-refractivity contribution >= 4 is 12.4 Å². The number of nitrogens with two attached hydrogens (primary N) is 2. The van der Waals surface area contributed by atoms with Gasteiger partial charge in [0.1, 0.15) is 6.04 Å². The summed E-state index contributed by atoms with van der Waals surface area (Å²) in [6.45, 7) is 0. The molecule has 0 spiro atoms. The molecule has 0 amide bonds. The average molecular weight is 217 g/mol. The van der Waals surface area contributed by atoms with Crippen molar-refractivity contribution in [2.24, 2.45) is 16.9 Å². The van der Waals surface area contributed by atoms with E-state index in [0.717, 1.165) is 0 Å². The van der Waals surface area contributed by atoms with E-state index in [-0.39, 0.29) is 17.9 Å². The summed E-state index contributed by atoms with van der Waals surface area (Å²) in [5.74, 6) is 0. The SMILES string of the molecule is Cl.NC(C(F)(F)F)C12CC(N)(C1)C2. The van der Waals surface area contributed by atoms with Crippen LogP contribution < -0.4 is 11.5 Å². The van der Waals surface area contributed by atoms with Gasteiger partial charge in [-0.2, -0.15) is 13.2 Å². The van der Waals surface area contributed by atoms with E-state index in [1.54, 1.807) is 0 Å². The molecule has 3 saturated carbocycles. The van der Waals surface area contributed by atoms with Crippen molar-refractivity contribution in [1.82, 2.24) is 0 Å². The first-order valence-corrected chi connectivity index (χ1v) is 3.89. The third-order valence-electron chi connectivity index (χ3n) is 3.12. The lowest BCUT2D eigenvalue weighted by molar-refractivity contribution is -0.244. The monoisotopic (exact) mass is 216 g/mol. The number of halogens is 4. The fraction of sp³-hybridized carbons (Fsp3) is 1.00. The Morgan fingerprint density at radius 1 is 1.15 bits per heavy atom. The first kappa shape index (κ1) is 11.1. The lowest BCUT2D eigenvalue weighted by atomic mass is 9.37. The maximum atomic E-state index is 12.1. The fourth-order valence-electron chi connectivity index (χ4n) is 2.63. The quantitative estimate of drug-likeness (QED) is 0.692. The van der Waals surface area contributed by atoms with E-state index in [1.165, 1.54) is 0 Å². The molecular weight excluding hydrogens is 205 g/mol. The first-order valence-electron chi connectivity index (χ1n) is 3.89. The highest BCUT2D eigenvalue weighted by Crippen LogP contribution is 2.68. The van der Waals surface area contributed by atoms with Crippen LogP contribution in [0, 0.1) is 5.41 Å². The molecule has 6 heteroatoms. The van der Waals surface area contributed by atoms with Crippen LogP contribution in [0.5, 0.6) is 0 Å². The van der Waals surface area contributed by atoms with E-state index < -0.39 is 17.6 Å². The Morgan fingerprint density at radius 2 is 1.54 bits per heavy atom. The topological polar surface area (TPSA) is 52.0 Å². The molecular formula is C7H12ClF3N2. The smallest absolute Gasteiger partial charge is 0.325 e. The minimum Gasteiger partial charge on any atom is -0.325 e. The largest absolute Gasteiger partial charge is 0.404 e. The maximum absolute atomic E-state index is 12.1. The van der Waals surface area contributed by atoms with Crippen LogP contribution in [0.3, 0.4) is 0 Å². The van der Waals surface area contributed by atoms with Crippen molar-refractivity contribution in [3.63, 3.8) is 0 Å². The molecule has 3 aliphatic carbocycles. The zero-order valence-electron chi connectivity index (χ0n) is 6.90. The Bertz CT molecular complexity index is 208. The summed E-state index contributed by atoms with van der Waals surface area (Å²) in [4.78, 5) is 0. The molecule has 4 N–H and O–H groups in total. The summed E-state index contributed by atoms with van der Waals surface area (Å²) in [5.41, 5.74) is 9.73. The molecule has 3 fully saturated rings. The van der Waals surface area contributed by atoms with Gasteiger partial charge in [-0.3, -0.25) is 0 Å². The third-order valence-corrected chi connectivity index (χ3v) is 3.12. The fourth-order valence-corrected chi connectivity index (χ4v) is 2.63. The second kappa shape index (κ2) is 2.52. The molecule has 13 heavy (non-hydrogen) atoms. The van der Waals surface area contributed by atoms with Crippen LogP contribution in [0.2, 0.25) is 0 Å². The Hall–Kier alpha value is -0.0000000000000000486. The Kier molecular flexibility index (Phi) is 2.15. The molecule has 0 aliphatic heterocycles. The predicted molar refractivity (Wildman–Crippen MR) is 44.5 cm³/mol. The number of alkyl halides is 3. The van der Waals surface area contributed by atoms with Gasteiger partial charge in [0.25, 0.3) is 0 Å². The molecule has 1 atom stereocenters. The molecule has 0 aromatic carbocycles. The molecule has 2 nitrogen and oxygen atoms in total. The van der Waals surface area contributed by atoms with Crippen molar-refractivity contribution in [2.75, 3.05) is 0 Å². The number of rotatable bonds is 1. The second-order valence-corrected chi connectivity index (χ2v) is 4.27. The zero-order valence-corrected chi connectivity index (χ0v) is 7.71. The van der Waals surface area contributed by atoms with Crippen molar-refractivity contribution in [2.45, 2.75) is 37.0 Å². The van der Waals surface area contributed by atoms with Crippen molar-refractivity contribution in [1.29, 1.82) is 0 Å². The van der Waals surface area contributed by atoms with Gasteiger partial charge in [0.15, 0.2) is 0 Å². The molecule has 78 valence electrons. The normalized spacial score (nSPS) is 44.1. The van der Waals surface area contributed by atoms with Gasteiger partial charge in [-0.25, -0.2) is 0 Å². The van der Waals surface area contributed by atoms with E-state index in [1.807, 2.05) is 0 Å². The average Bonchev–Trinajstić information content (AvgIpc) is 1.75. The van der Waals surface area contributed by atoms with Crippen LogP contribution in [0.1, 0.15) is 19.3 Å². The molecule has 3 aliphatic rings. The molecule has 0 saturated heterocycles. The van der Waals surface area contributed by atoms with Crippen LogP contribution in [0.15, 0.2) is 0 Å². The summed E-state index contributed by atoms with van der Waals surface area (Å²) >= 11 is 0. The highest BCUT2D eigenvalue weighted by Gasteiger charge is 2.72. The Labute approximate surface area is 80.2 Å². The van der Waals surface area contributed by atoms with Crippen LogP contribution in [0.25, 0.3) is 0 Å². The van der Waals surface area contributed by atoms with Crippen LogP contribution in [0.4, 0.5) is 13.2 Å². The van der Waals surface area contributed by atoms with Crippen LogP contribution in [-0.2, 0) is 0 Å². The highest BCUT2D eigenvalue weighted by atomic mass is 35.5. The van der Waals surface area contributed by atoms with Crippen LogP contribution in [-0.4, -0.2) is 17.8 Å². The van der Waals surface area contributed by atoms with Gasteiger partial charge in [-0.05, 0) is 24.7 Å². The van der Waals surface area contributed by atoms with Crippen molar-refractivity contribution in [3.8, 4) is 0 Å². The Balaban J connectivity index is 0.000000845. The first-order chi connectivity index (χ1) is 5.28. The second-order valence-electron chi connectivity index (χ2n) is 4.27. The lowest BCUT2D eigenvalue weighted by Crippen LogP contribution is -2.79. The minimum absolute atomic E-state index is 0. The van der Waals surface area contributed by atoms with Crippen LogP contribution >= 0.6 is 12.4 Å². The maximum Gasteiger partial charge on any atom is 0.404 e. The number of hydrogen-bond donors (Lipinski definition) is 2. The summed E-state index contributed by atoms with van der Waals surface area (Å²) in [6.07, 6.45) is -2.93. The predicted octanol–water partition coefficient (Wildman–Crippen LogP) is 1.18. The van der Waals surface area contributed by atoms with Gasteiger partial charge < -0.3 is 11.5 Å². The van der Waals surface area contributed by atoms with E-state index in [9.17, 15) is 13.2 Å². The lowest BCUT2D eigenvalue weighted by Gasteiger charge is -2.71. The molecule has 0 heterocycles. The van der Waals surface area contributed by atoms with Crippen molar-refractivity contribution < 1.29 is 13.2 Å². The zero-order chi connectivity index (χ0) is 9.20. The van der Waals surface area contributed by atoms with Gasteiger partial charge >= 0.3 is 6.18 Å². The summed E-state index contributed by atoms with van der Waals surface area (Å²) < 4.78 is 36.4. The van der Waals surface area contributed by atoms with Gasteiger partial charge in [-0.1, -0.05) is 0 Å². The number of hydrogen-bond acceptors (Lipinski definition) is 2. The van der Waals surface area contributed by atoms with E-state index in [0.29, 0.717) is 19.3 Å². The van der Waals surface area contributed by atoms with E-state index in [4.69, 9.17) is 11.5 Å². The van der Waals surface area contributed by atoms with Gasteiger partial charge in [0, 0.05) is 5.54 Å². The molecule has 3 rings (SSSR count). The van der Waals surface area contributed by atoms with Gasteiger partial charge in [-0.15, -0.1) is 12.4 Å². The highest BCUT2D eigenvalue weighted by molar-refractivity contribution is 5.85. The molecule has 2 bridgehead atoms.